The number of carbonyl (C=O) groups excluding carboxylic acids is 2. The molecular weight excluding hydrogens is 386 g/mol. The maximum absolute atomic E-state index is 13.3. The van der Waals surface area contributed by atoms with E-state index in [4.69, 9.17) is 11.6 Å². The Labute approximate surface area is 178 Å². The van der Waals surface area contributed by atoms with Gasteiger partial charge in [0.05, 0.1) is 5.56 Å². The van der Waals surface area contributed by atoms with E-state index >= 15 is 0 Å². The number of aromatic nitrogens is 1. The lowest BCUT2D eigenvalue weighted by molar-refractivity contribution is -0.121. The zero-order chi connectivity index (χ0) is 21.0. The van der Waals surface area contributed by atoms with Crippen LogP contribution in [-0.4, -0.2) is 40.9 Å². The quantitative estimate of drug-likeness (QED) is 0.754. The Balaban J connectivity index is 1.72. The van der Waals surface area contributed by atoms with Crippen LogP contribution >= 0.6 is 11.6 Å². The summed E-state index contributed by atoms with van der Waals surface area (Å²) in [4.78, 5) is 27.0. The molecule has 29 heavy (non-hydrogen) atoms. The SMILES string of the molecule is CCCC(=O)NCC1CCCN(C(=O)c2cc(C)n(-c3ccc(Cl)cc3)c2C)C1. The van der Waals surface area contributed by atoms with Gasteiger partial charge in [-0.2, -0.15) is 0 Å². The molecule has 1 N–H and O–H groups in total. The molecule has 6 heteroatoms. The van der Waals surface area contributed by atoms with Crippen molar-refractivity contribution in [3.8, 4) is 5.69 Å². The van der Waals surface area contributed by atoms with Gasteiger partial charge in [-0.05, 0) is 69.4 Å². The molecule has 0 aliphatic carbocycles. The number of halogens is 1. The van der Waals surface area contributed by atoms with Crippen LogP contribution in [0.4, 0.5) is 0 Å². The lowest BCUT2D eigenvalue weighted by Crippen LogP contribution is -2.43. The van der Waals surface area contributed by atoms with E-state index in [-0.39, 0.29) is 11.8 Å². The van der Waals surface area contributed by atoms with Crippen LogP contribution in [0.2, 0.25) is 5.02 Å². The van der Waals surface area contributed by atoms with Crippen LogP contribution < -0.4 is 5.32 Å². The molecule has 1 unspecified atom stereocenters. The van der Waals surface area contributed by atoms with Crippen molar-refractivity contribution in [2.24, 2.45) is 5.92 Å². The molecule has 5 nitrogen and oxygen atoms in total. The maximum atomic E-state index is 13.3. The van der Waals surface area contributed by atoms with E-state index in [1.807, 2.05) is 56.0 Å². The Morgan fingerprint density at radius 1 is 1.21 bits per heavy atom. The highest BCUT2D eigenvalue weighted by Gasteiger charge is 2.27. The molecule has 3 rings (SSSR count). The predicted molar refractivity (Wildman–Crippen MR) is 117 cm³/mol. The number of nitrogens with one attached hydrogen (secondary N) is 1. The van der Waals surface area contributed by atoms with E-state index < -0.39 is 0 Å². The lowest BCUT2D eigenvalue weighted by Gasteiger charge is -2.33. The molecule has 1 fully saturated rings. The van der Waals surface area contributed by atoms with Gasteiger partial charge in [0.25, 0.3) is 5.91 Å². The second kappa shape index (κ2) is 9.49. The van der Waals surface area contributed by atoms with Crippen molar-refractivity contribution in [2.45, 2.75) is 46.5 Å². The molecule has 0 saturated carbocycles. The number of nitrogens with zero attached hydrogens (tertiary/aromatic N) is 2. The summed E-state index contributed by atoms with van der Waals surface area (Å²) in [5.74, 6) is 0.485. The summed E-state index contributed by atoms with van der Waals surface area (Å²) >= 11 is 6.02. The van der Waals surface area contributed by atoms with Crippen LogP contribution in [0.15, 0.2) is 30.3 Å². The van der Waals surface area contributed by atoms with Gasteiger partial charge in [-0.1, -0.05) is 18.5 Å². The molecule has 2 amide bonds. The van der Waals surface area contributed by atoms with E-state index in [1.54, 1.807) is 0 Å². The van der Waals surface area contributed by atoms with Crippen molar-refractivity contribution in [2.75, 3.05) is 19.6 Å². The molecule has 0 radical (unpaired) electrons. The molecule has 1 aromatic heterocycles. The number of aryl methyl sites for hydroxylation is 1. The predicted octanol–water partition coefficient (Wildman–Crippen LogP) is 4.52. The molecule has 2 heterocycles. The topological polar surface area (TPSA) is 54.3 Å². The second-order valence-electron chi connectivity index (χ2n) is 7.91. The Hall–Kier alpha value is -2.27. The Kier molecular flexibility index (Phi) is 7.01. The highest BCUT2D eigenvalue weighted by atomic mass is 35.5. The van der Waals surface area contributed by atoms with Crippen LogP contribution in [0.1, 0.15) is 54.4 Å². The third-order valence-electron chi connectivity index (χ3n) is 5.62. The van der Waals surface area contributed by atoms with Crippen molar-refractivity contribution >= 4 is 23.4 Å². The van der Waals surface area contributed by atoms with E-state index in [0.29, 0.717) is 30.5 Å². The summed E-state index contributed by atoms with van der Waals surface area (Å²) in [5, 5.41) is 3.70. The normalized spacial score (nSPS) is 16.7. The average Bonchev–Trinajstić information content (AvgIpc) is 3.01. The zero-order valence-corrected chi connectivity index (χ0v) is 18.3. The molecule has 0 spiro atoms. The first-order chi connectivity index (χ1) is 13.9. The van der Waals surface area contributed by atoms with Crippen molar-refractivity contribution in [1.82, 2.24) is 14.8 Å². The summed E-state index contributed by atoms with van der Waals surface area (Å²) in [6, 6.07) is 9.62. The maximum Gasteiger partial charge on any atom is 0.255 e. The Bertz CT molecular complexity index is 873. The smallest absolute Gasteiger partial charge is 0.255 e. The van der Waals surface area contributed by atoms with E-state index in [0.717, 1.165) is 48.4 Å². The monoisotopic (exact) mass is 415 g/mol. The number of rotatable bonds is 6. The molecule has 0 bridgehead atoms. The van der Waals surface area contributed by atoms with Crippen molar-refractivity contribution in [3.63, 3.8) is 0 Å². The minimum Gasteiger partial charge on any atom is -0.356 e. The number of hydrogen-bond donors (Lipinski definition) is 1. The first-order valence-corrected chi connectivity index (χ1v) is 10.8. The third kappa shape index (κ3) is 5.02. The molecule has 1 aliphatic heterocycles. The number of amides is 2. The fourth-order valence-electron chi connectivity index (χ4n) is 4.13. The van der Waals surface area contributed by atoms with Crippen LogP contribution in [0.3, 0.4) is 0 Å². The van der Waals surface area contributed by atoms with Gasteiger partial charge >= 0.3 is 0 Å². The molecule has 1 aromatic carbocycles. The first kappa shape index (κ1) is 21.4. The van der Waals surface area contributed by atoms with Crippen molar-refractivity contribution in [1.29, 1.82) is 0 Å². The summed E-state index contributed by atoms with van der Waals surface area (Å²) in [6.07, 6.45) is 3.42. The van der Waals surface area contributed by atoms with Gasteiger partial charge in [-0.25, -0.2) is 0 Å². The van der Waals surface area contributed by atoms with Crippen LogP contribution in [0.25, 0.3) is 5.69 Å². The lowest BCUT2D eigenvalue weighted by atomic mass is 9.97. The average molecular weight is 416 g/mol. The van der Waals surface area contributed by atoms with Crippen molar-refractivity contribution in [3.05, 3.63) is 52.3 Å². The first-order valence-electron chi connectivity index (χ1n) is 10.4. The zero-order valence-electron chi connectivity index (χ0n) is 17.5. The van der Waals surface area contributed by atoms with Crippen LogP contribution in [0.5, 0.6) is 0 Å². The van der Waals surface area contributed by atoms with Gasteiger partial charge in [0, 0.05) is 48.2 Å². The van der Waals surface area contributed by atoms with Gasteiger partial charge in [0.15, 0.2) is 0 Å². The highest BCUT2D eigenvalue weighted by Crippen LogP contribution is 2.25. The van der Waals surface area contributed by atoms with E-state index in [9.17, 15) is 9.59 Å². The van der Waals surface area contributed by atoms with Crippen molar-refractivity contribution < 1.29 is 9.59 Å². The summed E-state index contributed by atoms with van der Waals surface area (Å²) in [5.41, 5.74) is 3.70. The van der Waals surface area contributed by atoms with Gasteiger partial charge in [0.2, 0.25) is 5.91 Å². The molecular formula is C23H30ClN3O2. The highest BCUT2D eigenvalue weighted by molar-refractivity contribution is 6.30. The molecule has 1 atom stereocenters. The Morgan fingerprint density at radius 2 is 1.93 bits per heavy atom. The molecule has 1 aliphatic rings. The van der Waals surface area contributed by atoms with Crippen LogP contribution in [0, 0.1) is 19.8 Å². The van der Waals surface area contributed by atoms with Gasteiger partial charge < -0.3 is 14.8 Å². The Morgan fingerprint density at radius 3 is 2.62 bits per heavy atom. The standard InChI is InChI=1S/C23H30ClN3O2/c1-4-6-22(28)25-14-18-7-5-12-26(15-18)23(29)21-13-16(2)27(17(21)3)20-10-8-19(24)9-11-20/h8-11,13,18H,4-7,12,14-15H2,1-3H3,(H,25,28). The second-order valence-corrected chi connectivity index (χ2v) is 8.35. The number of carbonyl (C=O) groups is 2. The van der Waals surface area contributed by atoms with Gasteiger partial charge in [0.1, 0.15) is 0 Å². The minimum atomic E-state index is 0.0721. The largest absolute Gasteiger partial charge is 0.356 e. The number of piperidine rings is 1. The fourth-order valence-corrected chi connectivity index (χ4v) is 4.25. The van der Waals surface area contributed by atoms with Gasteiger partial charge in [-0.15, -0.1) is 0 Å². The minimum absolute atomic E-state index is 0.0721. The summed E-state index contributed by atoms with van der Waals surface area (Å²) in [6.45, 7) is 8.11. The summed E-state index contributed by atoms with van der Waals surface area (Å²) < 4.78 is 2.09. The third-order valence-corrected chi connectivity index (χ3v) is 5.87. The van der Waals surface area contributed by atoms with E-state index in [2.05, 4.69) is 9.88 Å². The fraction of sp³-hybridized carbons (Fsp3) is 0.478. The van der Waals surface area contributed by atoms with Gasteiger partial charge in [-0.3, -0.25) is 9.59 Å². The molecule has 1 saturated heterocycles. The number of hydrogen-bond acceptors (Lipinski definition) is 2. The molecule has 156 valence electrons. The van der Waals surface area contributed by atoms with E-state index in [1.165, 1.54) is 0 Å². The van der Waals surface area contributed by atoms with Crippen LogP contribution in [-0.2, 0) is 4.79 Å². The molecule has 2 aromatic rings. The summed E-state index contributed by atoms with van der Waals surface area (Å²) in [7, 11) is 0. The number of benzene rings is 1. The number of likely N-dealkylation sites (tertiary alicyclic amines) is 1.